The van der Waals surface area contributed by atoms with Crippen molar-refractivity contribution in [2.75, 3.05) is 13.1 Å². The van der Waals surface area contributed by atoms with E-state index < -0.39 is 5.97 Å². The SMILES string of the molecule is O=C(O)CC1CN(Cc2nc(-c3ccco3)no2)C1. The van der Waals surface area contributed by atoms with Crippen LogP contribution in [0.3, 0.4) is 0 Å². The molecule has 2 aromatic rings. The van der Waals surface area contributed by atoms with Crippen molar-refractivity contribution in [3.8, 4) is 11.6 Å². The lowest BCUT2D eigenvalue weighted by atomic mass is 9.97. The van der Waals surface area contributed by atoms with Gasteiger partial charge in [0.25, 0.3) is 0 Å². The molecule has 7 heteroatoms. The number of carbonyl (C=O) groups is 1. The monoisotopic (exact) mass is 263 g/mol. The second-order valence-corrected chi connectivity index (χ2v) is 4.65. The van der Waals surface area contributed by atoms with Gasteiger partial charge in [0, 0.05) is 13.1 Å². The molecule has 0 saturated carbocycles. The number of likely N-dealkylation sites (tertiary alicyclic amines) is 1. The molecule has 1 N–H and O–H groups in total. The van der Waals surface area contributed by atoms with Crippen LogP contribution in [0.1, 0.15) is 12.3 Å². The minimum Gasteiger partial charge on any atom is -0.481 e. The van der Waals surface area contributed by atoms with E-state index in [4.69, 9.17) is 14.0 Å². The minimum absolute atomic E-state index is 0.220. The molecular formula is C12H13N3O4. The quantitative estimate of drug-likeness (QED) is 0.867. The largest absolute Gasteiger partial charge is 0.481 e. The van der Waals surface area contributed by atoms with Gasteiger partial charge in [-0.15, -0.1) is 0 Å². The molecule has 0 bridgehead atoms. The number of carboxylic acid groups (broad SMARTS) is 1. The Bertz CT molecular complexity index is 557. The molecule has 0 radical (unpaired) electrons. The Morgan fingerprint density at radius 2 is 2.37 bits per heavy atom. The average molecular weight is 263 g/mol. The first-order valence-electron chi connectivity index (χ1n) is 6.01. The van der Waals surface area contributed by atoms with Gasteiger partial charge >= 0.3 is 5.97 Å². The van der Waals surface area contributed by atoms with Crippen molar-refractivity contribution in [2.45, 2.75) is 13.0 Å². The molecule has 0 aliphatic carbocycles. The van der Waals surface area contributed by atoms with E-state index in [1.54, 1.807) is 18.4 Å². The van der Waals surface area contributed by atoms with Gasteiger partial charge in [0.1, 0.15) is 0 Å². The van der Waals surface area contributed by atoms with E-state index >= 15 is 0 Å². The van der Waals surface area contributed by atoms with E-state index in [-0.39, 0.29) is 12.3 Å². The zero-order valence-electron chi connectivity index (χ0n) is 10.2. The van der Waals surface area contributed by atoms with E-state index in [2.05, 4.69) is 15.0 Å². The van der Waals surface area contributed by atoms with Gasteiger partial charge in [-0.05, 0) is 18.1 Å². The second kappa shape index (κ2) is 4.85. The van der Waals surface area contributed by atoms with Crippen molar-refractivity contribution in [1.29, 1.82) is 0 Å². The Kier molecular flexibility index (Phi) is 3.04. The Labute approximate surface area is 108 Å². The van der Waals surface area contributed by atoms with Crippen molar-refractivity contribution in [2.24, 2.45) is 5.92 Å². The highest BCUT2D eigenvalue weighted by Crippen LogP contribution is 2.22. The van der Waals surface area contributed by atoms with E-state index in [1.807, 2.05) is 0 Å². The van der Waals surface area contributed by atoms with Crippen LogP contribution in [0, 0.1) is 5.92 Å². The minimum atomic E-state index is -0.748. The molecule has 0 atom stereocenters. The fraction of sp³-hybridized carbons (Fsp3) is 0.417. The van der Waals surface area contributed by atoms with Crippen molar-refractivity contribution < 1.29 is 18.8 Å². The number of furan rings is 1. The summed E-state index contributed by atoms with van der Waals surface area (Å²) < 4.78 is 10.3. The molecule has 1 fully saturated rings. The second-order valence-electron chi connectivity index (χ2n) is 4.65. The summed E-state index contributed by atoms with van der Waals surface area (Å²) in [6.07, 6.45) is 1.77. The number of aromatic nitrogens is 2. The number of hydrogen-bond donors (Lipinski definition) is 1. The Hall–Kier alpha value is -2.15. The first-order valence-corrected chi connectivity index (χ1v) is 6.01. The summed E-state index contributed by atoms with van der Waals surface area (Å²) >= 11 is 0. The number of hydrogen-bond acceptors (Lipinski definition) is 6. The molecule has 2 aromatic heterocycles. The molecule has 0 amide bonds. The molecular weight excluding hydrogens is 250 g/mol. The van der Waals surface area contributed by atoms with Gasteiger partial charge < -0.3 is 14.0 Å². The van der Waals surface area contributed by atoms with Gasteiger partial charge in [-0.3, -0.25) is 9.69 Å². The van der Waals surface area contributed by atoms with Crippen LogP contribution in [0.5, 0.6) is 0 Å². The van der Waals surface area contributed by atoms with Crippen LogP contribution in [-0.2, 0) is 11.3 Å². The third-order valence-corrected chi connectivity index (χ3v) is 3.06. The predicted molar refractivity (Wildman–Crippen MR) is 63.0 cm³/mol. The summed E-state index contributed by atoms with van der Waals surface area (Å²) in [5, 5.41) is 12.5. The van der Waals surface area contributed by atoms with Gasteiger partial charge in [-0.25, -0.2) is 0 Å². The Morgan fingerprint density at radius 1 is 1.53 bits per heavy atom. The van der Waals surface area contributed by atoms with E-state index in [0.29, 0.717) is 24.0 Å². The van der Waals surface area contributed by atoms with Crippen LogP contribution in [0.25, 0.3) is 11.6 Å². The van der Waals surface area contributed by atoms with Crippen LogP contribution in [-0.4, -0.2) is 39.2 Å². The van der Waals surface area contributed by atoms with Gasteiger partial charge in [0.15, 0.2) is 5.76 Å². The van der Waals surface area contributed by atoms with Crippen molar-refractivity contribution in [3.63, 3.8) is 0 Å². The summed E-state index contributed by atoms with van der Waals surface area (Å²) in [5.74, 6) is 0.998. The van der Waals surface area contributed by atoms with Crippen LogP contribution in [0.15, 0.2) is 27.3 Å². The third kappa shape index (κ3) is 2.65. The normalized spacial score (nSPS) is 16.4. The lowest BCUT2D eigenvalue weighted by Crippen LogP contribution is -2.46. The van der Waals surface area contributed by atoms with Gasteiger partial charge in [0.2, 0.25) is 11.7 Å². The molecule has 1 aliphatic heterocycles. The molecule has 3 rings (SSSR count). The van der Waals surface area contributed by atoms with Crippen molar-refractivity contribution >= 4 is 5.97 Å². The molecule has 1 aliphatic rings. The number of nitrogens with zero attached hydrogens (tertiary/aromatic N) is 3. The topological polar surface area (TPSA) is 92.6 Å². The van der Waals surface area contributed by atoms with E-state index in [1.165, 1.54) is 0 Å². The lowest BCUT2D eigenvalue weighted by molar-refractivity contribution is -0.139. The zero-order chi connectivity index (χ0) is 13.2. The maximum Gasteiger partial charge on any atom is 0.303 e. The standard InChI is InChI=1S/C12H13N3O4/c16-11(17)4-8-5-15(6-8)7-10-13-12(14-19-10)9-2-1-3-18-9/h1-3,8H,4-7H2,(H,16,17). The zero-order valence-corrected chi connectivity index (χ0v) is 10.2. The molecule has 100 valence electrons. The fourth-order valence-corrected chi connectivity index (χ4v) is 2.20. The Balaban J connectivity index is 1.53. The van der Waals surface area contributed by atoms with Crippen LogP contribution >= 0.6 is 0 Å². The highest BCUT2D eigenvalue weighted by atomic mass is 16.5. The van der Waals surface area contributed by atoms with E-state index in [0.717, 1.165) is 13.1 Å². The molecule has 0 aromatic carbocycles. The summed E-state index contributed by atoms with van der Waals surface area (Å²) in [4.78, 5) is 16.8. The van der Waals surface area contributed by atoms with Gasteiger partial charge in [-0.2, -0.15) is 4.98 Å². The summed E-state index contributed by atoms with van der Waals surface area (Å²) in [6.45, 7) is 2.05. The number of carboxylic acids is 1. The fourth-order valence-electron chi connectivity index (χ4n) is 2.20. The van der Waals surface area contributed by atoms with Crippen LogP contribution in [0.4, 0.5) is 0 Å². The molecule has 7 nitrogen and oxygen atoms in total. The first-order chi connectivity index (χ1) is 9.20. The maximum absolute atomic E-state index is 10.5. The molecule has 19 heavy (non-hydrogen) atoms. The first kappa shape index (κ1) is 11.9. The van der Waals surface area contributed by atoms with Crippen molar-refractivity contribution in [1.82, 2.24) is 15.0 Å². The van der Waals surface area contributed by atoms with Gasteiger partial charge in [0.05, 0.1) is 19.2 Å². The van der Waals surface area contributed by atoms with Crippen molar-refractivity contribution in [3.05, 3.63) is 24.3 Å². The average Bonchev–Trinajstić information content (AvgIpc) is 2.95. The molecule has 1 saturated heterocycles. The molecule has 3 heterocycles. The summed E-state index contributed by atoms with van der Waals surface area (Å²) in [5.41, 5.74) is 0. The van der Waals surface area contributed by atoms with Crippen LogP contribution in [0.2, 0.25) is 0 Å². The molecule has 0 spiro atoms. The summed E-state index contributed by atoms with van der Waals surface area (Å²) in [6, 6.07) is 3.53. The number of aliphatic carboxylic acids is 1. The van der Waals surface area contributed by atoms with Gasteiger partial charge in [-0.1, -0.05) is 5.16 Å². The number of rotatable bonds is 5. The molecule has 0 unspecified atom stereocenters. The highest BCUT2D eigenvalue weighted by molar-refractivity contribution is 5.67. The van der Waals surface area contributed by atoms with E-state index in [9.17, 15) is 4.79 Å². The third-order valence-electron chi connectivity index (χ3n) is 3.06. The lowest BCUT2D eigenvalue weighted by Gasteiger charge is -2.37. The Morgan fingerprint density at radius 3 is 3.05 bits per heavy atom. The maximum atomic E-state index is 10.5. The van der Waals surface area contributed by atoms with Crippen LogP contribution < -0.4 is 0 Å². The summed E-state index contributed by atoms with van der Waals surface area (Å²) in [7, 11) is 0. The smallest absolute Gasteiger partial charge is 0.303 e. The predicted octanol–water partition coefficient (Wildman–Crippen LogP) is 1.24. The highest BCUT2D eigenvalue weighted by Gasteiger charge is 2.29.